The van der Waals surface area contributed by atoms with Crippen LogP contribution in [0.1, 0.15) is 76.3 Å². The molecule has 24 heavy (non-hydrogen) atoms. The van der Waals surface area contributed by atoms with E-state index in [1.54, 1.807) is 0 Å². The minimum atomic E-state index is -0.216. The Bertz CT molecular complexity index is 579. The summed E-state index contributed by atoms with van der Waals surface area (Å²) in [6, 6.07) is 4.08. The lowest BCUT2D eigenvalue weighted by atomic mass is 9.64. The maximum Gasteiger partial charge on any atom is 0.127 e. The van der Waals surface area contributed by atoms with Gasteiger partial charge in [0.1, 0.15) is 17.1 Å². The van der Waals surface area contributed by atoms with Gasteiger partial charge in [-0.3, -0.25) is 0 Å². The van der Waals surface area contributed by atoms with Crippen molar-refractivity contribution in [3.63, 3.8) is 0 Å². The van der Waals surface area contributed by atoms with Gasteiger partial charge in [-0.05, 0) is 75.5 Å². The van der Waals surface area contributed by atoms with Crippen LogP contribution in [0.3, 0.4) is 0 Å². The van der Waals surface area contributed by atoms with Gasteiger partial charge < -0.3 is 14.9 Å². The van der Waals surface area contributed by atoms with Crippen molar-refractivity contribution in [2.24, 2.45) is 11.8 Å². The lowest BCUT2D eigenvalue weighted by molar-refractivity contribution is -0.0210. The Morgan fingerprint density at radius 2 is 2.00 bits per heavy atom. The van der Waals surface area contributed by atoms with Gasteiger partial charge in [0, 0.05) is 18.1 Å². The number of unbranched alkanes of at least 4 members (excludes halogenated alkanes) is 2. The molecule has 3 rings (SSSR count). The second-order valence-corrected chi connectivity index (χ2v) is 8.26. The fourth-order valence-corrected chi connectivity index (χ4v) is 4.78. The molecule has 0 saturated heterocycles. The molecule has 3 nitrogen and oxygen atoms in total. The minimum absolute atomic E-state index is 0.216. The first-order valence-electron chi connectivity index (χ1n) is 9.62. The van der Waals surface area contributed by atoms with E-state index in [1.807, 2.05) is 6.07 Å². The first-order chi connectivity index (χ1) is 11.5. The van der Waals surface area contributed by atoms with Crippen molar-refractivity contribution < 1.29 is 14.9 Å². The number of rotatable bonds is 5. The predicted molar refractivity (Wildman–Crippen MR) is 96.7 cm³/mol. The Kier molecular flexibility index (Phi) is 5.10. The van der Waals surface area contributed by atoms with Crippen molar-refractivity contribution in [2.75, 3.05) is 6.61 Å². The van der Waals surface area contributed by atoms with E-state index in [-0.39, 0.29) is 12.2 Å². The largest absolute Gasteiger partial charge is 0.508 e. The zero-order chi connectivity index (χ0) is 17.3. The summed E-state index contributed by atoms with van der Waals surface area (Å²) in [5.74, 6) is 2.30. The van der Waals surface area contributed by atoms with E-state index in [0.717, 1.165) is 43.4 Å². The summed E-state index contributed by atoms with van der Waals surface area (Å²) in [5.41, 5.74) is 1.94. The van der Waals surface area contributed by atoms with Crippen molar-refractivity contribution >= 4 is 0 Å². The number of aliphatic hydroxyl groups excluding tert-OH is 1. The topological polar surface area (TPSA) is 49.7 Å². The number of hydrogen-bond donors (Lipinski definition) is 2. The molecule has 2 aliphatic rings. The number of aliphatic hydroxyl groups is 1. The molecule has 1 aromatic rings. The second kappa shape index (κ2) is 6.95. The van der Waals surface area contributed by atoms with Gasteiger partial charge in [-0.25, -0.2) is 0 Å². The molecule has 0 bridgehead atoms. The fraction of sp³-hybridized carbons (Fsp3) is 0.714. The summed E-state index contributed by atoms with van der Waals surface area (Å²) in [4.78, 5) is 0. The first kappa shape index (κ1) is 17.6. The standard InChI is InChI=1S/C21H32O3/c1-4-5-6-7-14-11-18(23)20-16-10-15(13-22)8-9-17(16)21(2,3)24-19(20)12-14/h11-12,15-17,22-23H,4-10,13H2,1-3H3/t15?,16?,17-/m1/s1. The Hall–Kier alpha value is -1.22. The lowest BCUT2D eigenvalue weighted by Crippen LogP contribution is -2.47. The van der Waals surface area contributed by atoms with Crippen molar-refractivity contribution in [3.05, 3.63) is 23.3 Å². The maximum absolute atomic E-state index is 10.7. The molecule has 1 saturated carbocycles. The van der Waals surface area contributed by atoms with Gasteiger partial charge in [0.05, 0.1) is 0 Å². The van der Waals surface area contributed by atoms with Crippen LogP contribution in [0.2, 0.25) is 0 Å². The molecule has 1 heterocycles. The van der Waals surface area contributed by atoms with Crippen molar-refractivity contribution in [1.82, 2.24) is 0 Å². The molecule has 0 aromatic heterocycles. The fourth-order valence-electron chi connectivity index (χ4n) is 4.78. The van der Waals surface area contributed by atoms with Crippen LogP contribution in [-0.2, 0) is 6.42 Å². The maximum atomic E-state index is 10.7. The van der Waals surface area contributed by atoms with Gasteiger partial charge in [0.2, 0.25) is 0 Å². The Morgan fingerprint density at radius 3 is 2.71 bits per heavy atom. The van der Waals surface area contributed by atoms with Crippen LogP contribution in [0.4, 0.5) is 0 Å². The average Bonchev–Trinajstić information content (AvgIpc) is 2.53. The monoisotopic (exact) mass is 332 g/mol. The molecular formula is C21H32O3. The van der Waals surface area contributed by atoms with Gasteiger partial charge in [0.25, 0.3) is 0 Å². The van der Waals surface area contributed by atoms with Crippen molar-refractivity contribution in [1.29, 1.82) is 0 Å². The first-order valence-corrected chi connectivity index (χ1v) is 9.62. The summed E-state index contributed by atoms with van der Waals surface area (Å²) < 4.78 is 6.36. The van der Waals surface area contributed by atoms with E-state index in [1.165, 1.54) is 18.4 Å². The molecule has 2 unspecified atom stereocenters. The number of aromatic hydroxyl groups is 1. The Morgan fingerprint density at radius 1 is 1.21 bits per heavy atom. The van der Waals surface area contributed by atoms with E-state index in [9.17, 15) is 10.2 Å². The van der Waals surface area contributed by atoms with E-state index in [0.29, 0.717) is 23.5 Å². The van der Waals surface area contributed by atoms with Crippen LogP contribution in [0.5, 0.6) is 11.5 Å². The van der Waals surface area contributed by atoms with E-state index >= 15 is 0 Å². The summed E-state index contributed by atoms with van der Waals surface area (Å²) in [6.07, 6.45) is 7.61. The number of hydrogen-bond acceptors (Lipinski definition) is 3. The van der Waals surface area contributed by atoms with Crippen LogP contribution in [0.25, 0.3) is 0 Å². The number of phenolic OH excluding ortho intramolecular Hbond substituents is 1. The van der Waals surface area contributed by atoms with Gasteiger partial charge >= 0.3 is 0 Å². The third-order valence-corrected chi connectivity index (χ3v) is 6.10. The highest BCUT2D eigenvalue weighted by molar-refractivity contribution is 5.52. The van der Waals surface area contributed by atoms with Gasteiger partial charge in [-0.1, -0.05) is 19.8 Å². The van der Waals surface area contributed by atoms with E-state index in [4.69, 9.17) is 4.74 Å². The highest BCUT2D eigenvalue weighted by Crippen LogP contribution is 2.55. The molecule has 3 atom stereocenters. The summed E-state index contributed by atoms with van der Waals surface area (Å²) >= 11 is 0. The predicted octanol–water partition coefficient (Wildman–Crippen LogP) is 4.79. The van der Waals surface area contributed by atoms with Crippen LogP contribution in [0.15, 0.2) is 12.1 Å². The molecule has 0 radical (unpaired) electrons. The molecule has 3 heteroatoms. The highest BCUT2D eigenvalue weighted by Gasteiger charge is 2.47. The zero-order valence-corrected chi connectivity index (χ0v) is 15.3. The summed E-state index contributed by atoms with van der Waals surface area (Å²) in [7, 11) is 0. The van der Waals surface area contributed by atoms with Gasteiger partial charge in [-0.15, -0.1) is 0 Å². The smallest absolute Gasteiger partial charge is 0.127 e. The second-order valence-electron chi connectivity index (χ2n) is 8.26. The number of fused-ring (bicyclic) bond motifs is 3. The molecular weight excluding hydrogens is 300 g/mol. The Balaban J connectivity index is 1.93. The summed E-state index contributed by atoms with van der Waals surface area (Å²) in [5, 5.41) is 20.3. The molecule has 1 aliphatic heterocycles. The molecule has 1 aliphatic carbocycles. The SMILES string of the molecule is CCCCCc1cc(O)c2c(c1)OC(C)(C)[C@@H]1CCC(CO)CC21. The molecule has 1 fully saturated rings. The lowest BCUT2D eigenvalue weighted by Gasteiger charge is -2.49. The third-order valence-electron chi connectivity index (χ3n) is 6.10. The number of phenols is 1. The van der Waals surface area contributed by atoms with E-state index < -0.39 is 0 Å². The van der Waals surface area contributed by atoms with Crippen LogP contribution < -0.4 is 4.74 Å². The molecule has 1 aromatic carbocycles. The average molecular weight is 332 g/mol. The highest BCUT2D eigenvalue weighted by atomic mass is 16.5. The number of benzene rings is 1. The van der Waals surface area contributed by atoms with Crippen LogP contribution in [-0.4, -0.2) is 22.4 Å². The molecule has 0 spiro atoms. The quantitative estimate of drug-likeness (QED) is 0.762. The Labute approximate surface area is 146 Å². The van der Waals surface area contributed by atoms with Gasteiger partial charge in [-0.2, -0.15) is 0 Å². The van der Waals surface area contributed by atoms with Crippen LogP contribution >= 0.6 is 0 Å². The van der Waals surface area contributed by atoms with Gasteiger partial charge in [0.15, 0.2) is 0 Å². The van der Waals surface area contributed by atoms with Crippen molar-refractivity contribution in [2.45, 2.75) is 77.2 Å². The number of ether oxygens (including phenoxy) is 1. The zero-order valence-electron chi connectivity index (χ0n) is 15.3. The summed E-state index contributed by atoms with van der Waals surface area (Å²) in [6.45, 7) is 6.80. The van der Waals surface area contributed by atoms with Crippen LogP contribution in [0, 0.1) is 11.8 Å². The number of aryl methyl sites for hydroxylation is 1. The molecule has 134 valence electrons. The van der Waals surface area contributed by atoms with Crippen molar-refractivity contribution in [3.8, 4) is 11.5 Å². The molecule has 0 amide bonds. The normalized spacial score (nSPS) is 27.9. The molecule has 2 N–H and O–H groups in total. The minimum Gasteiger partial charge on any atom is -0.508 e. The van der Waals surface area contributed by atoms with E-state index in [2.05, 4.69) is 26.8 Å². The third kappa shape index (κ3) is 3.28.